The third kappa shape index (κ3) is 3.03. The highest BCUT2D eigenvalue weighted by Crippen LogP contribution is 2.42. The van der Waals surface area contributed by atoms with Crippen molar-refractivity contribution >= 4 is 15.7 Å². The van der Waals surface area contributed by atoms with E-state index in [1.807, 2.05) is 0 Å². The molecule has 26 heavy (non-hydrogen) atoms. The van der Waals surface area contributed by atoms with Crippen LogP contribution in [-0.2, 0) is 14.6 Å². The molecule has 3 rings (SSSR count). The fraction of sp³-hybridized carbons (Fsp3) is 0.611. The average molecular weight is 387 g/mol. The van der Waals surface area contributed by atoms with Crippen molar-refractivity contribution in [1.82, 2.24) is 4.90 Å². The summed E-state index contributed by atoms with van der Waals surface area (Å²) in [5, 5.41) is 10.00. The number of hydrogen-bond acceptors (Lipinski definition) is 4. The Bertz CT molecular complexity index is 763. The molecule has 1 aromatic carbocycles. The van der Waals surface area contributed by atoms with Gasteiger partial charge < -0.3 is 10.0 Å². The van der Waals surface area contributed by atoms with Gasteiger partial charge in [0.1, 0.15) is 5.60 Å². The van der Waals surface area contributed by atoms with Crippen molar-refractivity contribution in [2.24, 2.45) is 0 Å². The predicted octanol–water partition coefficient (Wildman–Crippen LogP) is 2.39. The van der Waals surface area contributed by atoms with E-state index < -0.39 is 39.1 Å². The number of carbonyl (C=O) groups is 1. The highest BCUT2D eigenvalue weighted by Gasteiger charge is 2.56. The van der Waals surface area contributed by atoms with Crippen LogP contribution in [0.5, 0.6) is 0 Å². The van der Waals surface area contributed by atoms with E-state index in [-0.39, 0.29) is 30.7 Å². The van der Waals surface area contributed by atoms with Gasteiger partial charge in [-0.15, -0.1) is 0 Å². The summed E-state index contributed by atoms with van der Waals surface area (Å²) >= 11 is 0. The first-order valence-electron chi connectivity index (χ1n) is 8.83. The summed E-state index contributed by atoms with van der Waals surface area (Å²) in [6.07, 6.45) is -0.874. The maximum Gasteiger partial charge on any atom is 0.268 e. The number of rotatable bonds is 4. The topological polar surface area (TPSA) is 74.7 Å². The first kappa shape index (κ1) is 19.2. The summed E-state index contributed by atoms with van der Waals surface area (Å²) in [4.78, 5) is 14.4. The van der Waals surface area contributed by atoms with Gasteiger partial charge >= 0.3 is 0 Å². The lowest BCUT2D eigenvalue weighted by atomic mass is 9.87. The zero-order valence-electron chi connectivity index (χ0n) is 14.4. The van der Waals surface area contributed by atoms with E-state index in [4.69, 9.17) is 0 Å². The number of likely N-dealkylation sites (tertiary alicyclic amines) is 1. The van der Waals surface area contributed by atoms with E-state index in [0.717, 1.165) is 11.3 Å². The second-order valence-electron chi connectivity index (χ2n) is 7.25. The summed E-state index contributed by atoms with van der Waals surface area (Å²) in [6.45, 7) is -0.596. The maximum absolute atomic E-state index is 13.3. The molecule has 0 aromatic heterocycles. The van der Waals surface area contributed by atoms with Gasteiger partial charge in [0.2, 0.25) is 5.91 Å². The highest BCUT2D eigenvalue weighted by atomic mass is 32.2. The second kappa shape index (κ2) is 6.88. The number of halogens is 2. The summed E-state index contributed by atoms with van der Waals surface area (Å²) in [7, 11) is -3.98. The molecule has 0 bridgehead atoms. The van der Waals surface area contributed by atoms with Crippen LogP contribution in [0.4, 0.5) is 8.78 Å². The molecule has 1 saturated heterocycles. The minimum atomic E-state index is -3.98. The number of benzene rings is 1. The summed E-state index contributed by atoms with van der Waals surface area (Å²) in [5.41, 5.74) is -2.26. The van der Waals surface area contributed by atoms with Crippen molar-refractivity contribution in [2.75, 3.05) is 13.1 Å². The molecule has 1 aliphatic carbocycles. The monoisotopic (exact) mass is 387 g/mol. The molecule has 2 fully saturated rings. The van der Waals surface area contributed by atoms with Crippen molar-refractivity contribution in [2.45, 2.75) is 60.2 Å². The van der Waals surface area contributed by atoms with Gasteiger partial charge in [0.15, 0.2) is 14.6 Å². The van der Waals surface area contributed by atoms with Crippen LogP contribution < -0.4 is 0 Å². The van der Waals surface area contributed by atoms with E-state index in [0.29, 0.717) is 12.8 Å². The molecule has 1 aromatic rings. The predicted molar refractivity (Wildman–Crippen MR) is 91.6 cm³/mol. The number of hydrogen-bond donors (Lipinski definition) is 1. The van der Waals surface area contributed by atoms with Gasteiger partial charge in [-0.05, 0) is 25.0 Å². The van der Waals surface area contributed by atoms with Gasteiger partial charge in [-0.25, -0.2) is 17.2 Å². The van der Waals surface area contributed by atoms with Crippen molar-refractivity contribution in [3.05, 3.63) is 30.3 Å². The van der Waals surface area contributed by atoms with E-state index in [9.17, 15) is 27.1 Å². The third-order valence-corrected chi connectivity index (χ3v) is 8.10. The number of β-amino-alcohol motifs (C(OH)–C–C–N with tert-alkyl or cyclic N) is 1. The van der Waals surface area contributed by atoms with Crippen LogP contribution in [-0.4, -0.2) is 54.2 Å². The molecule has 1 aliphatic heterocycles. The molecule has 1 saturated carbocycles. The zero-order valence-corrected chi connectivity index (χ0v) is 15.2. The molecule has 8 heteroatoms. The van der Waals surface area contributed by atoms with Crippen LogP contribution in [0.3, 0.4) is 0 Å². The normalized spacial score (nSPS) is 26.2. The Labute approximate surface area is 151 Å². The average Bonchev–Trinajstić information content (AvgIpc) is 3.06. The van der Waals surface area contributed by atoms with Gasteiger partial charge in [0.25, 0.3) is 6.43 Å². The van der Waals surface area contributed by atoms with E-state index >= 15 is 0 Å². The van der Waals surface area contributed by atoms with Crippen molar-refractivity contribution < 1.29 is 27.1 Å². The lowest BCUT2D eigenvalue weighted by molar-refractivity contribution is -0.137. The summed E-state index contributed by atoms with van der Waals surface area (Å²) in [5.74, 6) is -0.655. The van der Waals surface area contributed by atoms with Crippen LogP contribution in [0, 0.1) is 0 Å². The molecule has 0 spiro atoms. The Morgan fingerprint density at radius 2 is 1.69 bits per heavy atom. The smallest absolute Gasteiger partial charge is 0.268 e. The Morgan fingerprint density at radius 1 is 1.08 bits per heavy atom. The van der Waals surface area contributed by atoms with Gasteiger partial charge in [-0.2, -0.15) is 0 Å². The van der Waals surface area contributed by atoms with Crippen LogP contribution in [0.2, 0.25) is 0 Å². The Hall–Kier alpha value is -1.54. The molecule has 1 unspecified atom stereocenters. The van der Waals surface area contributed by atoms with Crippen LogP contribution in [0.1, 0.15) is 38.5 Å². The molecule has 144 valence electrons. The number of sulfone groups is 1. The van der Waals surface area contributed by atoms with E-state index in [1.165, 1.54) is 12.1 Å². The quantitative estimate of drug-likeness (QED) is 0.861. The maximum atomic E-state index is 13.3. The summed E-state index contributed by atoms with van der Waals surface area (Å²) in [6, 6.07) is 7.80. The van der Waals surface area contributed by atoms with Gasteiger partial charge in [0.05, 0.1) is 11.4 Å². The fourth-order valence-electron chi connectivity index (χ4n) is 4.00. The molecular formula is C18H23F2NO4S. The van der Waals surface area contributed by atoms with Crippen LogP contribution >= 0.6 is 0 Å². The standard InChI is InChI=1S/C18H23F2NO4S/c19-15(20)17(23)11-12-21(13-17)16(22)18(9-5-2-6-10-18)26(24,25)14-7-3-1-4-8-14/h1,3-4,7-8,15,23H,2,5-6,9-13H2. The second-order valence-corrected chi connectivity index (χ2v) is 9.51. The van der Waals surface area contributed by atoms with Crippen molar-refractivity contribution in [3.63, 3.8) is 0 Å². The molecule has 1 amide bonds. The van der Waals surface area contributed by atoms with Crippen LogP contribution in [0.15, 0.2) is 35.2 Å². The fourth-order valence-corrected chi connectivity index (χ4v) is 6.15. The summed E-state index contributed by atoms with van der Waals surface area (Å²) < 4.78 is 51.2. The zero-order chi connectivity index (χ0) is 19.0. The molecule has 2 aliphatic rings. The highest BCUT2D eigenvalue weighted by molar-refractivity contribution is 7.93. The molecule has 1 N–H and O–H groups in total. The molecular weight excluding hydrogens is 364 g/mol. The largest absolute Gasteiger partial charge is 0.382 e. The lowest BCUT2D eigenvalue weighted by Gasteiger charge is -2.38. The van der Waals surface area contributed by atoms with Gasteiger partial charge in [-0.1, -0.05) is 37.5 Å². The van der Waals surface area contributed by atoms with Gasteiger partial charge in [-0.3, -0.25) is 4.79 Å². The van der Waals surface area contributed by atoms with Crippen LogP contribution in [0.25, 0.3) is 0 Å². The Balaban J connectivity index is 1.98. The first-order chi connectivity index (χ1) is 12.2. The van der Waals surface area contributed by atoms with Gasteiger partial charge in [0, 0.05) is 13.0 Å². The molecule has 5 nitrogen and oxygen atoms in total. The molecule has 1 atom stereocenters. The lowest BCUT2D eigenvalue weighted by Crippen LogP contribution is -2.55. The van der Waals surface area contributed by atoms with E-state index in [1.54, 1.807) is 18.2 Å². The number of amides is 1. The number of alkyl halides is 2. The molecule has 1 heterocycles. The molecule has 0 radical (unpaired) electrons. The van der Waals surface area contributed by atoms with E-state index in [2.05, 4.69) is 0 Å². The number of nitrogens with zero attached hydrogens (tertiary/aromatic N) is 1. The number of carbonyl (C=O) groups excluding carboxylic acids is 1. The Morgan fingerprint density at radius 3 is 2.23 bits per heavy atom. The SMILES string of the molecule is O=C(N1CCC(O)(C(F)F)C1)C1(S(=O)(=O)c2ccccc2)CCCCC1. The third-order valence-electron chi connectivity index (χ3n) is 5.59. The van der Waals surface area contributed by atoms with Crippen molar-refractivity contribution in [3.8, 4) is 0 Å². The minimum Gasteiger partial charge on any atom is -0.382 e. The minimum absolute atomic E-state index is 0.0638. The first-order valence-corrected chi connectivity index (χ1v) is 10.3. The van der Waals surface area contributed by atoms with Crippen molar-refractivity contribution in [1.29, 1.82) is 0 Å². The Kier molecular flexibility index (Phi) is 5.09. The number of aliphatic hydroxyl groups is 1.